The number of ether oxygens (including phenoxy) is 1. The van der Waals surface area contributed by atoms with E-state index in [-0.39, 0.29) is 29.4 Å². The topological polar surface area (TPSA) is 104 Å². The second-order valence-corrected chi connectivity index (χ2v) is 4.40. The maximum atomic E-state index is 11.9. The molecule has 0 bridgehead atoms. The van der Waals surface area contributed by atoms with E-state index in [1.807, 2.05) is 0 Å². The molecule has 8 nitrogen and oxygen atoms in total. The zero-order chi connectivity index (χ0) is 13.8. The lowest BCUT2D eigenvalue weighted by Crippen LogP contribution is -2.26. The molecule has 1 saturated heterocycles. The van der Waals surface area contributed by atoms with E-state index < -0.39 is 0 Å². The number of amides is 1. The molecule has 2 rings (SSSR count). The van der Waals surface area contributed by atoms with Crippen molar-refractivity contribution in [3.8, 4) is 5.88 Å². The van der Waals surface area contributed by atoms with Gasteiger partial charge in [0, 0.05) is 24.4 Å². The fourth-order valence-electron chi connectivity index (χ4n) is 1.93. The third-order valence-corrected chi connectivity index (χ3v) is 2.93. The third-order valence-electron chi connectivity index (χ3n) is 2.75. The molecular formula is C10H11ClN6O2. The van der Waals surface area contributed by atoms with E-state index in [2.05, 4.69) is 20.0 Å². The minimum Gasteiger partial charge on any atom is -0.478 e. The lowest BCUT2D eigenvalue weighted by molar-refractivity contribution is -0.117. The molecule has 1 fully saturated rings. The van der Waals surface area contributed by atoms with Crippen molar-refractivity contribution in [1.29, 1.82) is 0 Å². The normalized spacial score (nSPS) is 18.3. The van der Waals surface area contributed by atoms with Crippen LogP contribution in [-0.4, -0.2) is 36.1 Å². The Morgan fingerprint density at radius 2 is 2.53 bits per heavy atom. The lowest BCUT2D eigenvalue weighted by Gasteiger charge is -2.17. The number of hydrogen-bond donors (Lipinski definition) is 0. The number of methoxy groups -OCH3 is 1. The van der Waals surface area contributed by atoms with E-state index in [4.69, 9.17) is 21.9 Å². The van der Waals surface area contributed by atoms with Crippen molar-refractivity contribution in [1.82, 2.24) is 9.97 Å². The Morgan fingerprint density at radius 1 is 1.74 bits per heavy atom. The first-order valence-electron chi connectivity index (χ1n) is 5.53. The third kappa shape index (κ3) is 2.86. The highest BCUT2D eigenvalue weighted by molar-refractivity contribution is 6.29. The van der Waals surface area contributed by atoms with Gasteiger partial charge in [0.15, 0.2) is 11.0 Å². The van der Waals surface area contributed by atoms with Crippen LogP contribution < -0.4 is 9.64 Å². The molecule has 0 N–H and O–H groups in total. The summed E-state index contributed by atoms with van der Waals surface area (Å²) < 4.78 is 5.07. The fraction of sp³-hybridized carbons (Fsp3) is 0.500. The van der Waals surface area contributed by atoms with Crippen LogP contribution in [0.4, 0.5) is 5.82 Å². The second-order valence-electron chi connectivity index (χ2n) is 4.01. The molecule has 0 spiro atoms. The van der Waals surface area contributed by atoms with Gasteiger partial charge in [-0.3, -0.25) is 9.69 Å². The van der Waals surface area contributed by atoms with Gasteiger partial charge >= 0.3 is 0 Å². The Balaban J connectivity index is 2.22. The summed E-state index contributed by atoms with van der Waals surface area (Å²) in [5.41, 5.74) is 8.29. The smallest absolute Gasteiger partial charge is 0.259 e. The molecule has 2 heterocycles. The maximum absolute atomic E-state index is 11.9. The molecule has 1 aliphatic rings. The second kappa shape index (κ2) is 5.73. The van der Waals surface area contributed by atoms with Crippen molar-refractivity contribution in [2.75, 3.05) is 25.1 Å². The Morgan fingerprint density at radius 3 is 3.21 bits per heavy atom. The van der Waals surface area contributed by atoms with Gasteiger partial charge in [-0.2, -0.15) is 4.98 Å². The Labute approximate surface area is 114 Å². The zero-order valence-corrected chi connectivity index (χ0v) is 10.9. The summed E-state index contributed by atoms with van der Waals surface area (Å²) in [6.07, 6.45) is 1.67. The van der Waals surface area contributed by atoms with Crippen molar-refractivity contribution in [2.24, 2.45) is 11.0 Å². The molecule has 0 radical (unpaired) electrons. The van der Waals surface area contributed by atoms with E-state index in [1.54, 1.807) is 0 Å². The van der Waals surface area contributed by atoms with E-state index in [0.29, 0.717) is 18.8 Å². The number of azide groups is 1. The first kappa shape index (κ1) is 13.4. The van der Waals surface area contributed by atoms with Crippen LogP contribution in [0.1, 0.15) is 6.42 Å². The van der Waals surface area contributed by atoms with Crippen LogP contribution >= 0.6 is 11.6 Å². The molecule has 0 aromatic carbocycles. The van der Waals surface area contributed by atoms with Crippen LogP contribution in [0, 0.1) is 5.92 Å². The number of nitrogens with zero attached hydrogens (tertiary/aromatic N) is 6. The highest BCUT2D eigenvalue weighted by Gasteiger charge is 2.33. The first-order chi connectivity index (χ1) is 9.15. The van der Waals surface area contributed by atoms with Crippen LogP contribution in [0.3, 0.4) is 0 Å². The van der Waals surface area contributed by atoms with Gasteiger partial charge in [-0.05, 0) is 11.4 Å². The summed E-state index contributed by atoms with van der Waals surface area (Å²) in [6, 6.07) is 0. The lowest BCUT2D eigenvalue weighted by atomic mass is 10.1. The Kier molecular flexibility index (Phi) is 4.03. The minimum atomic E-state index is -0.104. The highest BCUT2D eigenvalue weighted by Crippen LogP contribution is 2.30. The molecule has 0 saturated carbocycles. The van der Waals surface area contributed by atoms with Gasteiger partial charge in [-0.25, -0.2) is 4.98 Å². The van der Waals surface area contributed by atoms with Crippen molar-refractivity contribution in [2.45, 2.75) is 6.42 Å². The van der Waals surface area contributed by atoms with E-state index in [0.717, 1.165) is 0 Å². The average Bonchev–Trinajstić information content (AvgIpc) is 2.77. The summed E-state index contributed by atoms with van der Waals surface area (Å²) in [5, 5.41) is 3.68. The molecule has 100 valence electrons. The fourth-order valence-corrected chi connectivity index (χ4v) is 2.05. The first-order valence-corrected chi connectivity index (χ1v) is 5.91. The SMILES string of the molecule is COc1nc(Cl)cnc1N1CC(CN=[N+]=[N-])CC1=O. The Bertz CT molecular complexity index is 545. The molecule has 1 aliphatic heterocycles. The number of anilines is 1. The van der Waals surface area contributed by atoms with Crippen LogP contribution in [0.2, 0.25) is 5.15 Å². The average molecular weight is 283 g/mol. The number of carbonyl (C=O) groups excluding carboxylic acids is 1. The van der Waals surface area contributed by atoms with Crippen molar-refractivity contribution in [3.05, 3.63) is 21.8 Å². The van der Waals surface area contributed by atoms with Crippen LogP contribution in [0.25, 0.3) is 10.4 Å². The largest absolute Gasteiger partial charge is 0.478 e. The van der Waals surface area contributed by atoms with Crippen LogP contribution in [0.5, 0.6) is 5.88 Å². The van der Waals surface area contributed by atoms with Gasteiger partial charge in [-0.15, -0.1) is 0 Å². The predicted molar refractivity (Wildman–Crippen MR) is 68.1 cm³/mol. The van der Waals surface area contributed by atoms with Crippen LogP contribution in [0.15, 0.2) is 11.3 Å². The molecule has 9 heteroatoms. The number of aromatic nitrogens is 2. The minimum absolute atomic E-state index is 0.0226. The number of rotatable bonds is 4. The Hall–Kier alpha value is -2.05. The van der Waals surface area contributed by atoms with Gasteiger partial charge in [0.25, 0.3) is 5.88 Å². The number of halogens is 1. The monoisotopic (exact) mass is 282 g/mol. The highest BCUT2D eigenvalue weighted by atomic mass is 35.5. The summed E-state index contributed by atoms with van der Waals surface area (Å²) in [4.78, 5) is 24.1. The van der Waals surface area contributed by atoms with Gasteiger partial charge in [0.2, 0.25) is 5.91 Å². The standard InChI is InChI=1S/C10H11ClN6O2/c1-19-10-9(13-4-7(11)15-10)17-5-6(2-8(17)18)3-14-16-12/h4,6H,2-3,5H2,1H3. The molecule has 1 aromatic heterocycles. The van der Waals surface area contributed by atoms with E-state index in [9.17, 15) is 4.79 Å². The van der Waals surface area contributed by atoms with Gasteiger partial charge in [0.05, 0.1) is 13.3 Å². The quantitative estimate of drug-likeness (QED) is 0.477. The molecule has 0 aliphatic carbocycles. The predicted octanol–water partition coefficient (Wildman–Crippen LogP) is 1.80. The molecule has 1 amide bonds. The number of hydrogen-bond acceptors (Lipinski definition) is 5. The molecule has 1 unspecified atom stereocenters. The van der Waals surface area contributed by atoms with E-state index >= 15 is 0 Å². The van der Waals surface area contributed by atoms with Gasteiger partial charge in [0.1, 0.15) is 0 Å². The van der Waals surface area contributed by atoms with Gasteiger partial charge in [-0.1, -0.05) is 16.7 Å². The summed E-state index contributed by atoms with van der Waals surface area (Å²) in [7, 11) is 1.43. The molecule has 19 heavy (non-hydrogen) atoms. The van der Waals surface area contributed by atoms with Crippen molar-refractivity contribution < 1.29 is 9.53 Å². The molecule has 1 atom stereocenters. The van der Waals surface area contributed by atoms with Crippen molar-refractivity contribution >= 4 is 23.3 Å². The van der Waals surface area contributed by atoms with Crippen LogP contribution in [-0.2, 0) is 4.79 Å². The maximum Gasteiger partial charge on any atom is 0.259 e. The molecule has 1 aromatic rings. The zero-order valence-electron chi connectivity index (χ0n) is 10.2. The van der Waals surface area contributed by atoms with Crippen molar-refractivity contribution in [3.63, 3.8) is 0 Å². The summed E-state index contributed by atoms with van der Waals surface area (Å²) in [6.45, 7) is 0.701. The van der Waals surface area contributed by atoms with E-state index in [1.165, 1.54) is 18.2 Å². The molecular weight excluding hydrogens is 272 g/mol. The summed E-state index contributed by atoms with van der Waals surface area (Å²) >= 11 is 5.72. The number of carbonyl (C=O) groups is 1. The van der Waals surface area contributed by atoms with Gasteiger partial charge < -0.3 is 4.74 Å². The summed E-state index contributed by atoms with van der Waals surface area (Å²) in [5.74, 6) is 0.407.